The molecule has 0 atom stereocenters. The van der Waals surface area contributed by atoms with Crippen molar-refractivity contribution in [1.82, 2.24) is 0 Å². The highest BCUT2D eigenvalue weighted by atomic mass is 79.9. The van der Waals surface area contributed by atoms with Crippen molar-refractivity contribution >= 4 is 27.4 Å². The predicted molar refractivity (Wildman–Crippen MR) is 73.1 cm³/mol. The van der Waals surface area contributed by atoms with Gasteiger partial charge < -0.3 is 5.73 Å². The molecule has 0 aliphatic heterocycles. The predicted octanol–water partition coefficient (Wildman–Crippen LogP) is 3.71. The molecule has 0 heterocycles. The van der Waals surface area contributed by atoms with Gasteiger partial charge in [0.1, 0.15) is 5.82 Å². The molecule has 0 saturated heterocycles. The molecule has 0 unspecified atom stereocenters. The summed E-state index contributed by atoms with van der Waals surface area (Å²) >= 11 is 3.34. The Morgan fingerprint density at radius 1 is 1.22 bits per heavy atom. The van der Waals surface area contributed by atoms with Crippen LogP contribution in [0.5, 0.6) is 0 Å². The molecular weight excluding hydrogens is 297 g/mol. The van der Waals surface area contributed by atoms with E-state index in [-0.39, 0.29) is 17.0 Å². The topological polar surface area (TPSA) is 43.1 Å². The lowest BCUT2D eigenvalue weighted by atomic mass is 10.0. The standard InChI is InChI=1S/C14H11BrFNO/c1-8-2-4-10(11(15)6-8)14(18)9-3-5-13(17)12(16)7-9/h2-7H,17H2,1H3. The van der Waals surface area contributed by atoms with Crippen molar-refractivity contribution in [3.8, 4) is 0 Å². The Labute approximate surface area is 113 Å². The van der Waals surface area contributed by atoms with E-state index in [1.165, 1.54) is 12.1 Å². The van der Waals surface area contributed by atoms with Crippen LogP contribution in [0.3, 0.4) is 0 Å². The van der Waals surface area contributed by atoms with Crippen molar-refractivity contribution < 1.29 is 9.18 Å². The maximum absolute atomic E-state index is 13.3. The highest BCUT2D eigenvalue weighted by Gasteiger charge is 2.14. The number of anilines is 1. The molecule has 2 aromatic carbocycles. The van der Waals surface area contributed by atoms with Crippen molar-refractivity contribution in [3.63, 3.8) is 0 Å². The summed E-state index contributed by atoms with van der Waals surface area (Å²) in [6.07, 6.45) is 0. The maximum Gasteiger partial charge on any atom is 0.194 e. The van der Waals surface area contributed by atoms with Crippen LogP contribution in [0.2, 0.25) is 0 Å². The lowest BCUT2D eigenvalue weighted by Crippen LogP contribution is -2.04. The number of nitrogen functional groups attached to an aromatic ring is 1. The fraction of sp³-hybridized carbons (Fsp3) is 0.0714. The first kappa shape index (κ1) is 12.8. The van der Waals surface area contributed by atoms with Crippen LogP contribution >= 0.6 is 15.9 Å². The van der Waals surface area contributed by atoms with Gasteiger partial charge >= 0.3 is 0 Å². The van der Waals surface area contributed by atoms with Crippen LogP contribution in [0.4, 0.5) is 10.1 Å². The number of rotatable bonds is 2. The molecule has 2 rings (SSSR count). The molecule has 0 amide bonds. The van der Waals surface area contributed by atoms with Crippen LogP contribution in [0.1, 0.15) is 21.5 Å². The lowest BCUT2D eigenvalue weighted by molar-refractivity contribution is 0.103. The molecule has 92 valence electrons. The number of hydrogen-bond donors (Lipinski definition) is 1. The van der Waals surface area contributed by atoms with E-state index in [9.17, 15) is 9.18 Å². The minimum atomic E-state index is -0.580. The second-order valence-corrected chi connectivity index (χ2v) is 4.90. The molecule has 0 aliphatic carbocycles. The summed E-state index contributed by atoms with van der Waals surface area (Å²) < 4.78 is 14.0. The second kappa shape index (κ2) is 4.90. The van der Waals surface area contributed by atoms with E-state index < -0.39 is 5.82 Å². The molecule has 4 heteroatoms. The van der Waals surface area contributed by atoms with Gasteiger partial charge in [-0.25, -0.2) is 4.39 Å². The second-order valence-electron chi connectivity index (χ2n) is 4.05. The fourth-order valence-corrected chi connectivity index (χ4v) is 2.30. The van der Waals surface area contributed by atoms with Crippen molar-refractivity contribution in [3.05, 3.63) is 63.4 Å². The molecule has 0 bridgehead atoms. The molecule has 18 heavy (non-hydrogen) atoms. The summed E-state index contributed by atoms with van der Waals surface area (Å²) in [6, 6.07) is 9.48. The van der Waals surface area contributed by atoms with Crippen LogP contribution in [0.15, 0.2) is 40.9 Å². The van der Waals surface area contributed by atoms with Gasteiger partial charge in [-0.3, -0.25) is 4.79 Å². The first-order valence-electron chi connectivity index (χ1n) is 5.35. The first-order valence-corrected chi connectivity index (χ1v) is 6.14. The van der Waals surface area contributed by atoms with Crippen molar-refractivity contribution in [1.29, 1.82) is 0 Å². The van der Waals surface area contributed by atoms with Crippen LogP contribution in [0.25, 0.3) is 0 Å². The largest absolute Gasteiger partial charge is 0.396 e. The summed E-state index contributed by atoms with van der Waals surface area (Å²) in [6.45, 7) is 1.93. The van der Waals surface area contributed by atoms with E-state index in [0.29, 0.717) is 10.0 Å². The number of benzene rings is 2. The van der Waals surface area contributed by atoms with E-state index in [2.05, 4.69) is 15.9 Å². The van der Waals surface area contributed by atoms with Crippen LogP contribution in [-0.4, -0.2) is 5.78 Å². The summed E-state index contributed by atoms with van der Waals surface area (Å²) in [5.74, 6) is -0.815. The van der Waals surface area contributed by atoms with Crippen molar-refractivity contribution in [2.24, 2.45) is 0 Å². The Hall–Kier alpha value is -1.68. The highest BCUT2D eigenvalue weighted by molar-refractivity contribution is 9.10. The molecule has 2 N–H and O–H groups in total. The number of ketones is 1. The van der Waals surface area contributed by atoms with Crippen LogP contribution < -0.4 is 5.73 Å². The van der Waals surface area contributed by atoms with Gasteiger partial charge in [0.15, 0.2) is 5.78 Å². The Morgan fingerprint density at radius 2 is 1.94 bits per heavy atom. The van der Waals surface area contributed by atoms with Crippen molar-refractivity contribution in [2.75, 3.05) is 5.73 Å². The molecule has 2 nitrogen and oxygen atoms in total. The van der Waals surface area contributed by atoms with Gasteiger partial charge in [0, 0.05) is 15.6 Å². The maximum atomic E-state index is 13.3. The van der Waals surface area contributed by atoms with Crippen LogP contribution in [0, 0.1) is 12.7 Å². The lowest BCUT2D eigenvalue weighted by Gasteiger charge is -2.06. The van der Waals surface area contributed by atoms with Gasteiger partial charge in [-0.05, 0) is 42.8 Å². The van der Waals surface area contributed by atoms with E-state index in [0.717, 1.165) is 11.6 Å². The molecule has 0 radical (unpaired) electrons. The van der Waals surface area contributed by atoms with Crippen molar-refractivity contribution in [2.45, 2.75) is 6.92 Å². The minimum absolute atomic E-state index is 0.0366. The Bertz CT molecular complexity index is 625. The molecule has 0 fully saturated rings. The van der Waals surface area contributed by atoms with Gasteiger partial charge in [0.2, 0.25) is 0 Å². The van der Waals surface area contributed by atoms with E-state index in [1.54, 1.807) is 6.07 Å². The number of nitrogens with two attached hydrogens (primary N) is 1. The van der Waals surface area contributed by atoms with Gasteiger partial charge in [-0.15, -0.1) is 0 Å². The fourth-order valence-electron chi connectivity index (χ4n) is 1.63. The third-order valence-corrected chi connectivity index (χ3v) is 3.29. The average Bonchev–Trinajstić information content (AvgIpc) is 2.32. The smallest absolute Gasteiger partial charge is 0.194 e. The van der Waals surface area contributed by atoms with Gasteiger partial charge in [0.25, 0.3) is 0 Å². The Kier molecular flexibility index (Phi) is 3.48. The van der Waals surface area contributed by atoms with E-state index in [1.807, 2.05) is 19.1 Å². The average molecular weight is 308 g/mol. The number of hydrogen-bond acceptors (Lipinski definition) is 2. The number of aryl methyl sites for hydroxylation is 1. The Balaban J connectivity index is 2.44. The van der Waals surface area contributed by atoms with Crippen LogP contribution in [-0.2, 0) is 0 Å². The third kappa shape index (κ3) is 2.43. The summed E-state index contributed by atoms with van der Waals surface area (Å²) in [5, 5.41) is 0. The molecular formula is C14H11BrFNO. The monoisotopic (exact) mass is 307 g/mol. The molecule has 0 spiro atoms. The molecule has 0 aromatic heterocycles. The number of carbonyl (C=O) groups is 1. The first-order chi connectivity index (χ1) is 8.49. The number of carbonyl (C=O) groups excluding carboxylic acids is 1. The quantitative estimate of drug-likeness (QED) is 0.679. The molecule has 0 saturated carbocycles. The van der Waals surface area contributed by atoms with Gasteiger partial charge in [-0.1, -0.05) is 22.0 Å². The normalized spacial score (nSPS) is 10.4. The highest BCUT2D eigenvalue weighted by Crippen LogP contribution is 2.22. The molecule has 0 aliphatic rings. The zero-order valence-corrected chi connectivity index (χ0v) is 11.3. The van der Waals surface area contributed by atoms with Gasteiger partial charge in [0.05, 0.1) is 5.69 Å². The Morgan fingerprint density at radius 3 is 2.56 bits per heavy atom. The summed E-state index contributed by atoms with van der Waals surface area (Å²) in [5.41, 5.74) is 7.25. The summed E-state index contributed by atoms with van der Waals surface area (Å²) in [4.78, 5) is 12.2. The van der Waals surface area contributed by atoms with E-state index >= 15 is 0 Å². The third-order valence-electron chi connectivity index (χ3n) is 2.63. The van der Waals surface area contributed by atoms with Gasteiger partial charge in [-0.2, -0.15) is 0 Å². The zero-order chi connectivity index (χ0) is 13.3. The minimum Gasteiger partial charge on any atom is -0.396 e. The molecule has 2 aromatic rings. The number of halogens is 2. The van der Waals surface area contributed by atoms with E-state index in [4.69, 9.17) is 5.73 Å². The zero-order valence-electron chi connectivity index (χ0n) is 9.71. The summed E-state index contributed by atoms with van der Waals surface area (Å²) in [7, 11) is 0. The SMILES string of the molecule is Cc1ccc(C(=O)c2ccc(N)c(F)c2)c(Br)c1.